The third-order valence-electron chi connectivity index (χ3n) is 3.02. The summed E-state index contributed by atoms with van der Waals surface area (Å²) >= 11 is 4.73. The second kappa shape index (κ2) is 8.00. The molecule has 0 aliphatic heterocycles. The van der Waals surface area contributed by atoms with Crippen LogP contribution in [0.2, 0.25) is 5.02 Å². The molecule has 0 bridgehead atoms. The summed E-state index contributed by atoms with van der Waals surface area (Å²) in [7, 11) is 1.52. The second-order valence-corrected chi connectivity index (χ2v) is 7.66. The first-order chi connectivity index (χ1) is 11.0. The molecule has 118 valence electrons. The molecule has 0 heterocycles. The molecule has 0 aromatic heterocycles. The average molecular weight is 393 g/mol. The Morgan fingerprint density at radius 2 is 1.96 bits per heavy atom. The summed E-state index contributed by atoms with van der Waals surface area (Å²) in [5, 5.41) is 9.63. The Morgan fingerprint density at radius 3 is 2.65 bits per heavy atom. The second-order valence-electron chi connectivity index (χ2n) is 4.57. The van der Waals surface area contributed by atoms with Crippen molar-refractivity contribution in [1.29, 1.82) is 0 Å². The van der Waals surface area contributed by atoms with Gasteiger partial charge in [0.15, 0.2) is 0 Å². The summed E-state index contributed by atoms with van der Waals surface area (Å²) in [4.78, 5) is 23.2. The molecule has 2 aromatic carbocycles. The van der Waals surface area contributed by atoms with Crippen LogP contribution in [0, 0.1) is 0 Å². The number of methoxy groups -OCH3 is 1. The molecule has 23 heavy (non-hydrogen) atoms. The normalized spacial score (nSPS) is 11.2. The first kappa shape index (κ1) is 17.3. The summed E-state index contributed by atoms with van der Waals surface area (Å²) in [5.41, 5.74) is 0.986. The van der Waals surface area contributed by atoms with Gasteiger partial charge >= 0.3 is 145 Å². The maximum atomic E-state index is 12.1. The van der Waals surface area contributed by atoms with Crippen LogP contribution in [0.5, 0.6) is 5.75 Å². The van der Waals surface area contributed by atoms with E-state index in [0.717, 1.165) is 5.56 Å². The number of rotatable bonds is 6. The molecule has 2 aromatic rings. The van der Waals surface area contributed by atoms with E-state index in [0.29, 0.717) is 15.1 Å². The van der Waals surface area contributed by atoms with E-state index >= 15 is 0 Å². The average Bonchev–Trinajstić information content (AvgIpc) is 2.54. The van der Waals surface area contributed by atoms with Crippen LogP contribution in [0.1, 0.15) is 15.9 Å². The number of ether oxygens (including phenoxy) is 1. The maximum absolute atomic E-state index is 12.1. The Morgan fingerprint density at radius 1 is 1.22 bits per heavy atom. The summed E-state index contributed by atoms with van der Waals surface area (Å²) < 4.78 is 5.67. The third kappa shape index (κ3) is 4.72. The number of hydrogen-bond acceptors (Lipinski definition) is 3. The summed E-state index contributed by atoms with van der Waals surface area (Å²) in [6.07, 6.45) is 3.15. The predicted octanol–water partition coefficient (Wildman–Crippen LogP) is 2.35. The van der Waals surface area contributed by atoms with Gasteiger partial charge in [-0.1, -0.05) is 0 Å². The number of halogens is 1. The molecule has 0 amide bonds. The van der Waals surface area contributed by atoms with Crippen LogP contribution in [-0.4, -0.2) is 38.5 Å². The molecular formula is C17H14AsClO4. The van der Waals surface area contributed by atoms with Gasteiger partial charge in [-0.15, -0.1) is 0 Å². The molecule has 0 saturated carbocycles. The van der Waals surface area contributed by atoms with Gasteiger partial charge in [0.2, 0.25) is 0 Å². The third-order valence-corrected chi connectivity index (χ3v) is 5.68. The van der Waals surface area contributed by atoms with E-state index in [9.17, 15) is 9.59 Å². The standard InChI is InChI=1S/C17H14AsClO4/c1-23-15-10-11(6-8-14(15)19)7-9-16(20)18-13-5-3-2-4-12(13)17(21)22/h2-10,18H,1H3,(H,21,22). The van der Waals surface area contributed by atoms with Gasteiger partial charge in [0.05, 0.1) is 0 Å². The first-order valence-electron chi connectivity index (χ1n) is 6.66. The fourth-order valence-corrected chi connectivity index (χ4v) is 4.06. The van der Waals surface area contributed by atoms with Crippen LogP contribution in [-0.2, 0) is 4.79 Å². The van der Waals surface area contributed by atoms with E-state index < -0.39 is 21.7 Å². The van der Waals surface area contributed by atoms with Crippen molar-refractivity contribution in [2.45, 2.75) is 0 Å². The Hall–Kier alpha value is -2.03. The Bertz CT molecular complexity index is 771. The quantitative estimate of drug-likeness (QED) is 0.605. The molecule has 0 saturated heterocycles. The van der Waals surface area contributed by atoms with Crippen molar-refractivity contribution in [2.75, 3.05) is 7.11 Å². The molecule has 0 aliphatic rings. The van der Waals surface area contributed by atoms with Crippen molar-refractivity contribution in [1.82, 2.24) is 0 Å². The number of carboxylic acid groups (broad SMARTS) is 1. The van der Waals surface area contributed by atoms with Crippen molar-refractivity contribution < 1.29 is 19.4 Å². The van der Waals surface area contributed by atoms with E-state index in [1.165, 1.54) is 19.3 Å². The molecule has 0 aliphatic carbocycles. The van der Waals surface area contributed by atoms with Crippen LogP contribution < -0.4 is 9.09 Å². The molecule has 0 fully saturated rings. The van der Waals surface area contributed by atoms with Gasteiger partial charge in [-0.25, -0.2) is 0 Å². The fourth-order valence-electron chi connectivity index (χ4n) is 1.90. The number of carbonyl (C=O) groups is 2. The Labute approximate surface area is 145 Å². The van der Waals surface area contributed by atoms with Crippen molar-refractivity contribution in [3.8, 4) is 5.75 Å². The number of carboxylic acids is 1. The molecular weight excluding hydrogens is 379 g/mol. The van der Waals surface area contributed by atoms with Gasteiger partial charge in [0.25, 0.3) is 0 Å². The van der Waals surface area contributed by atoms with Crippen molar-refractivity contribution in [3.63, 3.8) is 0 Å². The van der Waals surface area contributed by atoms with Crippen LogP contribution in [0.25, 0.3) is 6.08 Å². The van der Waals surface area contributed by atoms with Gasteiger partial charge < -0.3 is 0 Å². The van der Waals surface area contributed by atoms with E-state index in [1.54, 1.807) is 42.5 Å². The zero-order chi connectivity index (χ0) is 16.8. The zero-order valence-corrected chi connectivity index (χ0v) is 15.1. The number of benzene rings is 2. The van der Waals surface area contributed by atoms with Crippen molar-refractivity contribution >= 4 is 48.3 Å². The van der Waals surface area contributed by atoms with E-state index in [-0.39, 0.29) is 10.1 Å². The predicted molar refractivity (Wildman–Crippen MR) is 92.2 cm³/mol. The Balaban J connectivity index is 2.12. The number of allylic oxidation sites excluding steroid dienone is 1. The SMILES string of the molecule is COc1cc(C=CC(=O)[AsH]c2ccccc2C(=O)O)ccc1Cl. The van der Waals surface area contributed by atoms with Gasteiger partial charge in [-0.05, 0) is 0 Å². The summed E-state index contributed by atoms with van der Waals surface area (Å²) in [6, 6.07) is 11.8. The molecule has 1 N–H and O–H groups in total. The zero-order valence-electron chi connectivity index (χ0n) is 12.2. The minimum atomic E-state index is -1.22. The monoisotopic (exact) mass is 392 g/mol. The van der Waals surface area contributed by atoms with Gasteiger partial charge in [-0.2, -0.15) is 0 Å². The molecule has 6 heteroatoms. The van der Waals surface area contributed by atoms with E-state index in [2.05, 4.69) is 0 Å². The van der Waals surface area contributed by atoms with Crippen LogP contribution in [0.15, 0.2) is 48.5 Å². The van der Waals surface area contributed by atoms with Gasteiger partial charge in [-0.3, -0.25) is 0 Å². The van der Waals surface area contributed by atoms with Crippen LogP contribution >= 0.6 is 11.6 Å². The number of carbonyl (C=O) groups excluding carboxylic acids is 1. The molecule has 0 spiro atoms. The minimum absolute atomic E-state index is 0.0624. The van der Waals surface area contributed by atoms with Gasteiger partial charge in [0, 0.05) is 0 Å². The van der Waals surface area contributed by atoms with Crippen molar-refractivity contribution in [2.24, 2.45) is 0 Å². The molecule has 2 rings (SSSR count). The van der Waals surface area contributed by atoms with Crippen LogP contribution in [0.3, 0.4) is 0 Å². The topological polar surface area (TPSA) is 63.6 Å². The Kier molecular flexibility index (Phi) is 6.03. The summed E-state index contributed by atoms with van der Waals surface area (Å²) in [5.74, 6) is -0.475. The fraction of sp³-hybridized carbons (Fsp3) is 0.0588. The molecule has 0 radical (unpaired) electrons. The van der Waals surface area contributed by atoms with Gasteiger partial charge in [0.1, 0.15) is 0 Å². The number of hydrogen-bond donors (Lipinski definition) is 1. The molecule has 1 atom stereocenters. The van der Waals surface area contributed by atoms with E-state index in [1.807, 2.05) is 0 Å². The first-order valence-corrected chi connectivity index (χ1v) is 9.14. The molecule has 1 unspecified atom stereocenters. The van der Waals surface area contributed by atoms with E-state index in [4.69, 9.17) is 21.4 Å². The van der Waals surface area contributed by atoms with Crippen LogP contribution in [0.4, 0.5) is 0 Å². The number of aromatic carboxylic acids is 1. The molecule has 4 nitrogen and oxygen atoms in total. The summed E-state index contributed by atoms with van der Waals surface area (Å²) in [6.45, 7) is 0. The van der Waals surface area contributed by atoms with Crippen molar-refractivity contribution in [3.05, 3.63) is 64.7 Å².